The van der Waals surface area contributed by atoms with E-state index in [-0.39, 0.29) is 5.41 Å². The fourth-order valence-electron chi connectivity index (χ4n) is 1.57. The van der Waals surface area contributed by atoms with Crippen LogP contribution in [0.3, 0.4) is 0 Å². The van der Waals surface area contributed by atoms with Gasteiger partial charge in [-0.2, -0.15) is 0 Å². The maximum Gasteiger partial charge on any atom is 0.130 e. The Balaban J connectivity index is 3.04. The molecule has 0 N–H and O–H groups in total. The van der Waals surface area contributed by atoms with Crippen LogP contribution in [-0.2, 0) is 12.8 Å². The first kappa shape index (κ1) is 12.6. The van der Waals surface area contributed by atoms with Gasteiger partial charge in [-0.25, -0.2) is 9.97 Å². The summed E-state index contributed by atoms with van der Waals surface area (Å²) in [6.07, 6.45) is 1.89. The zero-order valence-corrected chi connectivity index (χ0v) is 11.8. The Morgan fingerprint density at radius 1 is 1.20 bits per heavy atom. The van der Waals surface area contributed by atoms with Crippen molar-refractivity contribution in [2.75, 3.05) is 0 Å². The molecule has 0 saturated heterocycles. The molecular formula is C12H19BrN2. The molecule has 84 valence electrons. The van der Waals surface area contributed by atoms with Crippen molar-refractivity contribution in [2.45, 2.75) is 47.5 Å². The first-order valence-corrected chi connectivity index (χ1v) is 6.14. The fraction of sp³-hybridized carbons (Fsp3) is 0.667. The lowest BCUT2D eigenvalue weighted by Gasteiger charge is -2.17. The van der Waals surface area contributed by atoms with E-state index in [0.29, 0.717) is 0 Å². The average molecular weight is 271 g/mol. The summed E-state index contributed by atoms with van der Waals surface area (Å²) in [7, 11) is 0. The molecule has 0 aliphatic heterocycles. The van der Waals surface area contributed by atoms with Crippen molar-refractivity contribution >= 4 is 15.9 Å². The largest absolute Gasteiger partial charge is 0.238 e. The Labute approximate surface area is 101 Å². The van der Waals surface area contributed by atoms with Crippen LogP contribution in [0.1, 0.15) is 44.8 Å². The molecule has 0 spiro atoms. The van der Waals surface area contributed by atoms with Gasteiger partial charge in [0, 0.05) is 17.7 Å². The summed E-state index contributed by atoms with van der Waals surface area (Å²) in [5, 5.41) is 0. The van der Waals surface area contributed by atoms with Gasteiger partial charge in [0.25, 0.3) is 0 Å². The minimum absolute atomic E-state index is 0.236. The number of aromatic nitrogens is 2. The van der Waals surface area contributed by atoms with Crippen molar-refractivity contribution in [2.24, 2.45) is 5.41 Å². The molecule has 1 rings (SSSR count). The number of hydrogen-bond acceptors (Lipinski definition) is 2. The molecule has 0 aliphatic carbocycles. The van der Waals surface area contributed by atoms with Gasteiger partial charge < -0.3 is 0 Å². The summed E-state index contributed by atoms with van der Waals surface area (Å²) >= 11 is 3.51. The third-order valence-electron chi connectivity index (χ3n) is 2.25. The predicted molar refractivity (Wildman–Crippen MR) is 67.0 cm³/mol. The molecule has 3 heteroatoms. The summed E-state index contributed by atoms with van der Waals surface area (Å²) in [5.74, 6) is 0.934. The highest BCUT2D eigenvalue weighted by molar-refractivity contribution is 9.10. The molecule has 2 nitrogen and oxygen atoms in total. The zero-order valence-electron chi connectivity index (χ0n) is 10.2. The van der Waals surface area contributed by atoms with Gasteiger partial charge in [0.05, 0.1) is 0 Å². The first-order chi connectivity index (χ1) is 6.83. The second kappa shape index (κ2) is 4.60. The van der Waals surface area contributed by atoms with Crippen molar-refractivity contribution in [3.05, 3.63) is 21.7 Å². The van der Waals surface area contributed by atoms with E-state index in [1.54, 1.807) is 0 Å². The van der Waals surface area contributed by atoms with Crippen molar-refractivity contribution in [3.63, 3.8) is 0 Å². The molecular weight excluding hydrogens is 252 g/mol. The van der Waals surface area contributed by atoms with Gasteiger partial charge >= 0.3 is 0 Å². The van der Waals surface area contributed by atoms with E-state index in [1.165, 1.54) is 5.56 Å². The summed E-state index contributed by atoms with van der Waals surface area (Å²) in [6.45, 7) is 10.8. The third kappa shape index (κ3) is 3.56. The van der Waals surface area contributed by atoms with Gasteiger partial charge in [-0.3, -0.25) is 0 Å². The minimum Gasteiger partial charge on any atom is -0.238 e. The third-order valence-corrected chi connectivity index (χ3v) is 2.91. The number of halogens is 1. The van der Waals surface area contributed by atoms with Crippen molar-refractivity contribution in [1.29, 1.82) is 0 Å². The molecule has 0 amide bonds. The minimum atomic E-state index is 0.236. The van der Waals surface area contributed by atoms with Crippen LogP contribution in [0.5, 0.6) is 0 Å². The summed E-state index contributed by atoms with van der Waals surface area (Å²) < 4.78 is 0.955. The maximum atomic E-state index is 4.55. The van der Waals surface area contributed by atoms with Crippen LogP contribution in [0.2, 0.25) is 0 Å². The van der Waals surface area contributed by atoms with Crippen molar-refractivity contribution in [1.82, 2.24) is 9.97 Å². The highest BCUT2D eigenvalue weighted by Gasteiger charge is 2.15. The number of hydrogen-bond donors (Lipinski definition) is 0. The topological polar surface area (TPSA) is 25.8 Å². The monoisotopic (exact) mass is 270 g/mol. The molecule has 0 fully saturated rings. The molecule has 1 aromatic heterocycles. The molecule has 0 aromatic carbocycles. The van der Waals surface area contributed by atoms with Gasteiger partial charge in [-0.1, -0.05) is 27.7 Å². The molecule has 1 heterocycles. The Morgan fingerprint density at radius 2 is 1.80 bits per heavy atom. The van der Waals surface area contributed by atoms with Gasteiger partial charge in [-0.15, -0.1) is 0 Å². The molecule has 1 aromatic rings. The van der Waals surface area contributed by atoms with E-state index in [1.807, 2.05) is 0 Å². The Morgan fingerprint density at radius 3 is 2.20 bits per heavy atom. The van der Waals surface area contributed by atoms with Crippen LogP contribution in [-0.4, -0.2) is 9.97 Å². The Kier molecular flexibility index (Phi) is 3.87. The summed E-state index contributed by atoms with van der Waals surface area (Å²) in [6, 6.07) is 0. The van der Waals surface area contributed by atoms with E-state index < -0.39 is 0 Å². The van der Waals surface area contributed by atoms with Crippen LogP contribution < -0.4 is 0 Å². The van der Waals surface area contributed by atoms with Gasteiger partial charge in [0.15, 0.2) is 0 Å². The normalized spacial score (nSPS) is 11.9. The fourth-order valence-corrected chi connectivity index (χ4v) is 2.34. The zero-order chi connectivity index (χ0) is 11.6. The lowest BCUT2D eigenvalue weighted by Crippen LogP contribution is -2.13. The predicted octanol–water partition coefficient (Wildman–Crippen LogP) is 3.70. The lowest BCUT2D eigenvalue weighted by atomic mass is 9.92. The second-order valence-corrected chi connectivity index (χ2v) is 5.84. The van der Waals surface area contributed by atoms with Gasteiger partial charge in [-0.05, 0) is 34.7 Å². The van der Waals surface area contributed by atoms with Crippen LogP contribution in [0.15, 0.2) is 4.60 Å². The maximum absolute atomic E-state index is 4.55. The standard InChI is InChI=1S/C12H19BrN2/c1-6-9-8(2)14-10(15-11(9)13)7-12(3,4)5/h6-7H2,1-5H3. The molecule has 0 radical (unpaired) electrons. The highest BCUT2D eigenvalue weighted by atomic mass is 79.9. The van der Waals surface area contributed by atoms with E-state index in [0.717, 1.165) is 29.0 Å². The summed E-state index contributed by atoms with van der Waals surface area (Å²) in [4.78, 5) is 9.04. The van der Waals surface area contributed by atoms with E-state index in [4.69, 9.17) is 0 Å². The van der Waals surface area contributed by atoms with Crippen LogP contribution in [0.4, 0.5) is 0 Å². The van der Waals surface area contributed by atoms with Crippen LogP contribution in [0, 0.1) is 12.3 Å². The quantitative estimate of drug-likeness (QED) is 0.766. The second-order valence-electron chi connectivity index (χ2n) is 5.09. The van der Waals surface area contributed by atoms with Crippen LogP contribution in [0.25, 0.3) is 0 Å². The highest BCUT2D eigenvalue weighted by Crippen LogP contribution is 2.22. The van der Waals surface area contributed by atoms with E-state index in [9.17, 15) is 0 Å². The molecule has 0 saturated carbocycles. The first-order valence-electron chi connectivity index (χ1n) is 5.35. The Hall–Kier alpha value is -0.440. The van der Waals surface area contributed by atoms with E-state index in [2.05, 4.69) is 60.5 Å². The smallest absolute Gasteiger partial charge is 0.130 e. The number of nitrogens with zero attached hydrogens (tertiary/aromatic N) is 2. The molecule has 0 bridgehead atoms. The van der Waals surface area contributed by atoms with Crippen molar-refractivity contribution in [3.8, 4) is 0 Å². The molecule has 0 unspecified atom stereocenters. The molecule has 0 aliphatic rings. The molecule has 15 heavy (non-hydrogen) atoms. The van der Waals surface area contributed by atoms with Crippen LogP contribution >= 0.6 is 15.9 Å². The van der Waals surface area contributed by atoms with Gasteiger partial charge in [0.1, 0.15) is 10.4 Å². The Bertz CT molecular complexity index is 330. The number of aryl methyl sites for hydroxylation is 1. The van der Waals surface area contributed by atoms with E-state index >= 15 is 0 Å². The van der Waals surface area contributed by atoms with Crippen molar-refractivity contribution < 1.29 is 0 Å². The number of rotatable bonds is 2. The summed E-state index contributed by atoms with van der Waals surface area (Å²) in [5.41, 5.74) is 2.55. The van der Waals surface area contributed by atoms with Gasteiger partial charge in [0.2, 0.25) is 0 Å². The lowest BCUT2D eigenvalue weighted by molar-refractivity contribution is 0.399. The average Bonchev–Trinajstić information content (AvgIpc) is 1.99. The molecule has 0 atom stereocenters. The SMILES string of the molecule is CCc1c(C)nc(CC(C)(C)C)nc1Br.